The molecule has 0 aliphatic rings. The number of hydrogen-bond acceptors (Lipinski definition) is 4. The summed E-state index contributed by atoms with van der Waals surface area (Å²) < 4.78 is 13.6. The minimum atomic E-state index is -1.16. The van der Waals surface area contributed by atoms with Gasteiger partial charge in [0.2, 0.25) is 0 Å². The lowest BCUT2D eigenvalue weighted by Crippen LogP contribution is -2.13. The number of aliphatic hydroxyl groups is 1. The van der Waals surface area contributed by atoms with Crippen LogP contribution in [0.4, 0.5) is 0 Å². The molecule has 1 unspecified atom stereocenters. The van der Waals surface area contributed by atoms with E-state index < -0.39 is 14.8 Å². The molecule has 0 radical (unpaired) electrons. The van der Waals surface area contributed by atoms with Crippen molar-refractivity contribution >= 4 is 15.0 Å². The second-order valence-electron chi connectivity index (χ2n) is 1.07. The molecule has 46 valence electrons. The molecule has 0 aromatic carbocycles. The first-order valence-corrected chi connectivity index (χ1v) is 2.62. The second kappa shape index (κ2) is 4.84. The lowest BCUT2D eigenvalue weighted by Gasteiger charge is -1.94. The zero-order valence-electron chi connectivity index (χ0n) is 3.98. The Kier molecular flexibility index (Phi) is 4.65. The summed E-state index contributed by atoms with van der Waals surface area (Å²) in [6.07, 6.45) is -0.845. The topological polar surface area (TPSA) is 63.6 Å². The van der Waals surface area contributed by atoms with E-state index in [1.807, 2.05) is 0 Å². The monoisotopic (exact) mass is 136 g/mol. The highest BCUT2D eigenvalue weighted by Crippen LogP contribution is 1.93. The van der Waals surface area contributed by atoms with Gasteiger partial charge in [0.05, 0.1) is 6.61 Å². The van der Waals surface area contributed by atoms with Crippen molar-refractivity contribution < 1.29 is 19.0 Å². The number of carbonyl (C=O) groups is 1. The summed E-state index contributed by atoms with van der Waals surface area (Å²) in [7, 11) is -0.519. The molecule has 4 nitrogen and oxygen atoms in total. The van der Waals surface area contributed by atoms with Crippen molar-refractivity contribution in [3.8, 4) is 0 Å². The molecule has 0 saturated heterocycles. The van der Waals surface area contributed by atoms with Crippen molar-refractivity contribution in [2.75, 3.05) is 6.61 Å². The summed E-state index contributed by atoms with van der Waals surface area (Å²) >= 11 is 0. The van der Waals surface area contributed by atoms with Crippen LogP contribution in [0.3, 0.4) is 0 Å². The van der Waals surface area contributed by atoms with Crippen molar-refractivity contribution in [2.24, 2.45) is 0 Å². The molecule has 0 saturated carbocycles. The summed E-state index contributed by atoms with van der Waals surface area (Å²) in [5, 5.41) is 8.35. The van der Waals surface area contributed by atoms with Crippen molar-refractivity contribution in [1.29, 1.82) is 0 Å². The molecule has 8 heavy (non-hydrogen) atoms. The van der Waals surface area contributed by atoms with Crippen LogP contribution in [-0.2, 0) is 13.9 Å². The van der Waals surface area contributed by atoms with Crippen LogP contribution in [0.1, 0.15) is 0 Å². The number of hydrogen-bond donors (Lipinski definition) is 1. The van der Waals surface area contributed by atoms with E-state index in [0.29, 0.717) is 6.29 Å². The first-order valence-electron chi connectivity index (χ1n) is 1.89. The Bertz CT molecular complexity index is 83.4. The van der Waals surface area contributed by atoms with Crippen LogP contribution in [0.25, 0.3) is 0 Å². The summed E-state index contributed by atoms with van der Waals surface area (Å²) in [6, 6.07) is 0. The molecule has 0 fully saturated rings. The van der Waals surface area contributed by atoms with Gasteiger partial charge in [0.25, 0.3) is 0 Å². The number of aldehydes is 1. The molecular formula is C3H5O4P. The van der Waals surface area contributed by atoms with Crippen LogP contribution in [0.15, 0.2) is 0 Å². The van der Waals surface area contributed by atoms with E-state index in [1.54, 1.807) is 0 Å². The first kappa shape index (κ1) is 7.69. The molecule has 0 aliphatic carbocycles. The summed E-state index contributed by atoms with van der Waals surface area (Å²) in [5.74, 6) is 0. The molecule has 5 heteroatoms. The van der Waals surface area contributed by atoms with Crippen LogP contribution < -0.4 is 0 Å². The molecular weight excluding hydrogens is 131 g/mol. The highest BCUT2D eigenvalue weighted by atomic mass is 31.1. The third-order valence-electron chi connectivity index (χ3n) is 0.455. The molecule has 1 N–H and O–H groups in total. The Hall–Kier alpha value is -0.310. The molecule has 0 amide bonds. The van der Waals surface area contributed by atoms with Gasteiger partial charge >= 0.3 is 8.69 Å². The normalized spacial score (nSPS) is 13.6. The Morgan fingerprint density at radius 1 is 1.88 bits per heavy atom. The highest BCUT2D eigenvalue weighted by molar-refractivity contribution is 7.17. The minimum Gasteiger partial charge on any atom is -0.383 e. The van der Waals surface area contributed by atoms with Gasteiger partial charge in [0.15, 0.2) is 6.29 Å². The van der Waals surface area contributed by atoms with Crippen LogP contribution >= 0.6 is 8.69 Å². The van der Waals surface area contributed by atoms with Gasteiger partial charge in [-0.05, 0) is 0 Å². The van der Waals surface area contributed by atoms with Crippen molar-refractivity contribution in [1.82, 2.24) is 0 Å². The average molecular weight is 136 g/mol. The SMILES string of the molecule is O=CC(O)COP=O. The first-order chi connectivity index (χ1) is 3.81. The fourth-order valence-corrected chi connectivity index (χ4v) is 0.360. The van der Waals surface area contributed by atoms with Crippen molar-refractivity contribution in [2.45, 2.75) is 6.10 Å². The Morgan fingerprint density at radius 2 is 2.50 bits per heavy atom. The van der Waals surface area contributed by atoms with E-state index in [1.165, 1.54) is 0 Å². The van der Waals surface area contributed by atoms with Crippen molar-refractivity contribution in [3.05, 3.63) is 0 Å². The minimum absolute atomic E-state index is 0.214. The Labute approximate surface area is 47.7 Å². The summed E-state index contributed by atoms with van der Waals surface area (Å²) in [4.78, 5) is 9.58. The standard InChI is InChI=1S/C3H5O4P/c4-1-3(5)2-7-8-6/h1,3,5H,2H2. The third-order valence-corrected chi connectivity index (χ3v) is 0.710. The fourth-order valence-electron chi connectivity index (χ4n) is 0.146. The van der Waals surface area contributed by atoms with Gasteiger partial charge in [0.1, 0.15) is 6.10 Å². The van der Waals surface area contributed by atoms with Gasteiger partial charge in [-0.2, -0.15) is 0 Å². The molecule has 0 heterocycles. The molecule has 0 aromatic heterocycles. The number of rotatable bonds is 4. The van der Waals surface area contributed by atoms with E-state index in [0.717, 1.165) is 0 Å². The smallest absolute Gasteiger partial charge is 0.327 e. The van der Waals surface area contributed by atoms with Crippen molar-refractivity contribution in [3.63, 3.8) is 0 Å². The third kappa shape index (κ3) is 3.87. The molecule has 0 spiro atoms. The zero-order valence-corrected chi connectivity index (χ0v) is 4.88. The van der Waals surface area contributed by atoms with Crippen LogP contribution in [0.5, 0.6) is 0 Å². The summed E-state index contributed by atoms with van der Waals surface area (Å²) in [6.45, 7) is -0.214. The Balaban J connectivity index is 3.09. The lowest BCUT2D eigenvalue weighted by molar-refractivity contribution is -0.115. The predicted octanol–water partition coefficient (Wildman–Crippen LogP) is -0.231. The Morgan fingerprint density at radius 3 is 2.88 bits per heavy atom. The quantitative estimate of drug-likeness (QED) is 0.428. The van der Waals surface area contributed by atoms with Gasteiger partial charge in [-0.1, -0.05) is 0 Å². The molecule has 1 atom stereocenters. The fraction of sp³-hybridized carbons (Fsp3) is 0.667. The van der Waals surface area contributed by atoms with Gasteiger partial charge in [-0.15, -0.1) is 0 Å². The lowest BCUT2D eigenvalue weighted by atomic mass is 10.4. The van der Waals surface area contributed by atoms with E-state index in [4.69, 9.17) is 5.11 Å². The largest absolute Gasteiger partial charge is 0.383 e. The maximum atomic E-state index is 9.58. The molecule has 0 bridgehead atoms. The second-order valence-corrected chi connectivity index (χ2v) is 1.48. The molecule has 0 aromatic rings. The van der Waals surface area contributed by atoms with E-state index in [2.05, 4.69) is 4.52 Å². The highest BCUT2D eigenvalue weighted by Gasteiger charge is 1.98. The van der Waals surface area contributed by atoms with Gasteiger partial charge < -0.3 is 9.90 Å². The average Bonchev–Trinajstić information content (AvgIpc) is 1.83. The van der Waals surface area contributed by atoms with Gasteiger partial charge in [0, 0.05) is 0 Å². The van der Waals surface area contributed by atoms with Gasteiger partial charge in [-0.3, -0.25) is 4.52 Å². The van der Waals surface area contributed by atoms with E-state index in [9.17, 15) is 9.36 Å². The number of aliphatic hydroxyl groups excluding tert-OH is 1. The summed E-state index contributed by atoms with van der Waals surface area (Å²) in [5.41, 5.74) is 0. The zero-order chi connectivity index (χ0) is 6.41. The molecule has 0 rings (SSSR count). The molecule has 0 aliphatic heterocycles. The van der Waals surface area contributed by atoms with Crippen LogP contribution in [0.2, 0.25) is 0 Å². The van der Waals surface area contributed by atoms with E-state index >= 15 is 0 Å². The maximum absolute atomic E-state index is 9.58. The van der Waals surface area contributed by atoms with Gasteiger partial charge in [-0.25, -0.2) is 4.57 Å². The maximum Gasteiger partial charge on any atom is 0.327 e. The predicted molar refractivity (Wildman–Crippen MR) is 25.6 cm³/mol. The van der Waals surface area contributed by atoms with Crippen LogP contribution in [-0.4, -0.2) is 24.1 Å². The number of carbonyl (C=O) groups excluding carboxylic acids is 1. The van der Waals surface area contributed by atoms with Crippen LogP contribution in [0, 0.1) is 0 Å². The van der Waals surface area contributed by atoms with E-state index in [-0.39, 0.29) is 6.61 Å².